The van der Waals surface area contributed by atoms with Crippen molar-refractivity contribution in [1.82, 2.24) is 5.32 Å². The van der Waals surface area contributed by atoms with Crippen molar-refractivity contribution in [3.8, 4) is 0 Å². The fraction of sp³-hybridized carbons (Fsp3) is 0.625. The molecule has 2 rings (SSSR count). The monoisotopic (exact) mass is 231 g/mol. The van der Waals surface area contributed by atoms with Crippen LogP contribution in [-0.4, -0.2) is 13.1 Å². The van der Waals surface area contributed by atoms with E-state index in [2.05, 4.69) is 42.6 Å². The summed E-state index contributed by atoms with van der Waals surface area (Å²) in [5.41, 5.74) is 1.55. The zero-order valence-electron chi connectivity index (χ0n) is 11.0. The molecule has 1 aliphatic carbocycles. The van der Waals surface area contributed by atoms with Crippen molar-refractivity contribution < 1.29 is 0 Å². The van der Waals surface area contributed by atoms with Gasteiger partial charge in [-0.3, -0.25) is 0 Å². The molecule has 0 radical (unpaired) electrons. The fourth-order valence-corrected chi connectivity index (χ4v) is 3.06. The molecule has 1 saturated carbocycles. The smallest absolute Gasteiger partial charge is 0.00147 e. The quantitative estimate of drug-likeness (QED) is 0.756. The molecule has 1 fully saturated rings. The van der Waals surface area contributed by atoms with Crippen LogP contribution in [0.1, 0.15) is 50.5 Å². The third-order valence-electron chi connectivity index (χ3n) is 3.97. The van der Waals surface area contributed by atoms with Crippen molar-refractivity contribution in [3.63, 3.8) is 0 Å². The molecule has 1 aliphatic rings. The highest BCUT2D eigenvalue weighted by molar-refractivity contribution is 5.21. The molecular weight excluding hydrogens is 206 g/mol. The Bertz CT molecular complexity index is 307. The van der Waals surface area contributed by atoms with Crippen molar-refractivity contribution in [3.05, 3.63) is 35.9 Å². The molecule has 1 heteroatoms. The molecule has 0 amide bonds. The Hall–Kier alpha value is -0.820. The summed E-state index contributed by atoms with van der Waals surface area (Å²) in [6.07, 6.45) is 6.84. The molecule has 0 saturated heterocycles. The average molecular weight is 231 g/mol. The molecule has 0 bridgehead atoms. The molecule has 17 heavy (non-hydrogen) atoms. The topological polar surface area (TPSA) is 12.0 Å². The van der Waals surface area contributed by atoms with Crippen molar-refractivity contribution in [1.29, 1.82) is 0 Å². The lowest BCUT2D eigenvalue weighted by molar-refractivity contribution is 0.296. The predicted octanol–water partition coefficient (Wildman–Crippen LogP) is 3.96. The Kier molecular flexibility index (Phi) is 5.06. The van der Waals surface area contributed by atoms with Gasteiger partial charge in [0.15, 0.2) is 0 Å². The lowest BCUT2D eigenvalue weighted by Gasteiger charge is -2.32. The maximum Gasteiger partial charge on any atom is -0.00147 e. The van der Waals surface area contributed by atoms with Crippen molar-refractivity contribution >= 4 is 0 Å². The molecule has 0 aromatic heterocycles. The van der Waals surface area contributed by atoms with Crippen LogP contribution in [0.15, 0.2) is 30.3 Å². The number of rotatable bonds is 5. The van der Waals surface area contributed by atoms with Gasteiger partial charge in [0.1, 0.15) is 0 Å². The summed E-state index contributed by atoms with van der Waals surface area (Å²) in [6.45, 7) is 4.61. The molecule has 1 aromatic rings. The summed E-state index contributed by atoms with van der Waals surface area (Å²) >= 11 is 0. The van der Waals surface area contributed by atoms with Gasteiger partial charge < -0.3 is 5.32 Å². The van der Waals surface area contributed by atoms with Crippen LogP contribution in [0.4, 0.5) is 0 Å². The van der Waals surface area contributed by atoms with Gasteiger partial charge in [-0.25, -0.2) is 0 Å². The number of hydrogen-bond acceptors (Lipinski definition) is 1. The number of hydrogen-bond donors (Lipinski definition) is 1. The zero-order valence-corrected chi connectivity index (χ0v) is 11.0. The van der Waals surface area contributed by atoms with Crippen LogP contribution in [-0.2, 0) is 0 Å². The van der Waals surface area contributed by atoms with E-state index in [1.165, 1.54) is 38.6 Å². The van der Waals surface area contributed by atoms with Crippen LogP contribution < -0.4 is 5.32 Å². The molecule has 0 aliphatic heterocycles. The lowest BCUT2D eigenvalue weighted by atomic mass is 9.75. The summed E-state index contributed by atoms with van der Waals surface area (Å²) < 4.78 is 0. The van der Waals surface area contributed by atoms with E-state index in [1.807, 2.05) is 0 Å². The van der Waals surface area contributed by atoms with E-state index in [0.29, 0.717) is 0 Å². The Morgan fingerprint density at radius 3 is 2.65 bits per heavy atom. The van der Waals surface area contributed by atoms with Crippen LogP contribution in [0, 0.1) is 5.92 Å². The predicted molar refractivity (Wildman–Crippen MR) is 74.3 cm³/mol. The molecule has 2 atom stereocenters. The van der Waals surface area contributed by atoms with Gasteiger partial charge in [-0.1, -0.05) is 50.1 Å². The third kappa shape index (κ3) is 3.57. The van der Waals surface area contributed by atoms with Crippen molar-refractivity contribution in [2.45, 2.75) is 44.9 Å². The number of nitrogens with one attached hydrogen (secondary N) is 1. The van der Waals surface area contributed by atoms with Gasteiger partial charge in [-0.05, 0) is 49.8 Å². The first-order valence-electron chi connectivity index (χ1n) is 7.17. The van der Waals surface area contributed by atoms with Gasteiger partial charge in [0, 0.05) is 0 Å². The average Bonchev–Trinajstić information content (AvgIpc) is 2.41. The van der Waals surface area contributed by atoms with Gasteiger partial charge in [0.2, 0.25) is 0 Å². The summed E-state index contributed by atoms with van der Waals surface area (Å²) in [5, 5.41) is 3.60. The molecule has 0 heterocycles. The number of benzene rings is 1. The van der Waals surface area contributed by atoms with Crippen molar-refractivity contribution in [2.75, 3.05) is 13.1 Å². The minimum atomic E-state index is 0.786. The Balaban J connectivity index is 1.97. The fourth-order valence-electron chi connectivity index (χ4n) is 3.06. The van der Waals surface area contributed by atoms with Gasteiger partial charge in [-0.15, -0.1) is 0 Å². The zero-order chi connectivity index (χ0) is 11.9. The molecule has 0 spiro atoms. The first-order chi connectivity index (χ1) is 8.42. The summed E-state index contributed by atoms with van der Waals surface area (Å²) in [6, 6.07) is 11.1. The lowest BCUT2D eigenvalue weighted by Crippen LogP contribution is -2.30. The van der Waals surface area contributed by atoms with E-state index in [1.54, 1.807) is 5.56 Å². The highest BCUT2D eigenvalue weighted by atomic mass is 14.9. The largest absolute Gasteiger partial charge is 0.316 e. The van der Waals surface area contributed by atoms with Gasteiger partial charge in [0.05, 0.1) is 0 Å². The van der Waals surface area contributed by atoms with E-state index in [0.717, 1.165) is 18.4 Å². The van der Waals surface area contributed by atoms with E-state index in [9.17, 15) is 0 Å². The van der Waals surface area contributed by atoms with Gasteiger partial charge >= 0.3 is 0 Å². The van der Waals surface area contributed by atoms with Crippen molar-refractivity contribution in [2.24, 2.45) is 5.92 Å². The Morgan fingerprint density at radius 1 is 1.12 bits per heavy atom. The van der Waals surface area contributed by atoms with Crippen LogP contribution in [0.5, 0.6) is 0 Å². The Morgan fingerprint density at radius 2 is 1.88 bits per heavy atom. The minimum Gasteiger partial charge on any atom is -0.316 e. The molecule has 1 nitrogen and oxygen atoms in total. The maximum atomic E-state index is 3.60. The minimum absolute atomic E-state index is 0.786. The second kappa shape index (κ2) is 6.80. The first kappa shape index (κ1) is 12.6. The summed E-state index contributed by atoms with van der Waals surface area (Å²) in [7, 11) is 0. The third-order valence-corrected chi connectivity index (χ3v) is 3.97. The summed E-state index contributed by atoms with van der Waals surface area (Å²) in [4.78, 5) is 0. The van der Waals surface area contributed by atoms with E-state index >= 15 is 0 Å². The van der Waals surface area contributed by atoms with Gasteiger partial charge in [0.25, 0.3) is 0 Å². The van der Waals surface area contributed by atoms with Crippen LogP contribution in [0.3, 0.4) is 0 Å². The maximum absolute atomic E-state index is 3.60. The molecular formula is C16H25N. The van der Waals surface area contributed by atoms with Crippen LogP contribution >= 0.6 is 0 Å². The van der Waals surface area contributed by atoms with E-state index < -0.39 is 0 Å². The summed E-state index contributed by atoms with van der Waals surface area (Å²) in [5.74, 6) is 1.63. The Labute approximate surface area is 106 Å². The normalized spacial score (nSPS) is 24.8. The SMILES string of the molecule is CCCNCC1CCCCC1c1ccccc1. The highest BCUT2D eigenvalue weighted by Gasteiger charge is 2.25. The van der Waals surface area contributed by atoms with E-state index in [4.69, 9.17) is 0 Å². The second-order valence-corrected chi connectivity index (χ2v) is 5.27. The second-order valence-electron chi connectivity index (χ2n) is 5.27. The molecule has 2 unspecified atom stereocenters. The standard InChI is InChI=1S/C16H25N/c1-2-12-17-13-15-10-6-7-11-16(15)14-8-4-3-5-9-14/h3-5,8-9,15-17H,2,6-7,10-13H2,1H3. The van der Waals surface area contributed by atoms with E-state index in [-0.39, 0.29) is 0 Å². The molecule has 1 aromatic carbocycles. The molecule has 94 valence electrons. The van der Waals surface area contributed by atoms with Crippen LogP contribution in [0.25, 0.3) is 0 Å². The first-order valence-corrected chi connectivity index (χ1v) is 7.17. The van der Waals surface area contributed by atoms with Crippen LogP contribution in [0.2, 0.25) is 0 Å². The molecule has 1 N–H and O–H groups in total. The highest BCUT2D eigenvalue weighted by Crippen LogP contribution is 2.37. The van der Waals surface area contributed by atoms with Gasteiger partial charge in [-0.2, -0.15) is 0 Å².